The molecule has 0 fully saturated rings. The molecule has 27 heavy (non-hydrogen) atoms. The number of nitrogens with zero attached hydrogens (tertiary/aromatic N) is 2. The van der Waals surface area contributed by atoms with Crippen LogP contribution < -0.4 is 0 Å². The zero-order valence-corrected chi connectivity index (χ0v) is 16.1. The molecule has 0 saturated heterocycles. The van der Waals surface area contributed by atoms with Crippen molar-refractivity contribution in [2.45, 2.75) is 19.4 Å². The number of thioether (sulfide) groups is 1. The molecule has 0 aliphatic carbocycles. The molecule has 0 bridgehead atoms. The molecule has 2 heterocycles. The van der Waals surface area contributed by atoms with E-state index in [4.69, 9.17) is 16.3 Å². The van der Waals surface area contributed by atoms with Crippen molar-refractivity contribution >= 4 is 40.5 Å². The lowest BCUT2D eigenvalue weighted by molar-refractivity contribution is -0.138. The monoisotopic (exact) mass is 404 g/mol. The number of benzene rings is 1. The van der Waals surface area contributed by atoms with E-state index in [-0.39, 0.29) is 13.0 Å². The predicted molar refractivity (Wildman–Crippen MR) is 105 cm³/mol. The van der Waals surface area contributed by atoms with Gasteiger partial charge in [-0.1, -0.05) is 54.2 Å². The number of fused-ring (bicyclic) bond motifs is 1. The summed E-state index contributed by atoms with van der Waals surface area (Å²) in [6.07, 6.45) is 1.29. The van der Waals surface area contributed by atoms with Crippen LogP contribution in [0.15, 0.2) is 64.3 Å². The van der Waals surface area contributed by atoms with Gasteiger partial charge >= 0.3 is 11.9 Å². The lowest BCUT2D eigenvalue weighted by atomic mass is 9.94. The van der Waals surface area contributed by atoms with Gasteiger partial charge in [0.15, 0.2) is 5.17 Å². The van der Waals surface area contributed by atoms with Crippen LogP contribution in [-0.2, 0) is 14.3 Å². The normalized spacial score (nSPS) is 18.6. The van der Waals surface area contributed by atoms with E-state index in [1.807, 2.05) is 12.1 Å². The van der Waals surface area contributed by atoms with Crippen LogP contribution in [0.25, 0.3) is 0 Å². The van der Waals surface area contributed by atoms with Gasteiger partial charge in [0, 0.05) is 10.7 Å². The first-order chi connectivity index (χ1) is 12.9. The minimum absolute atomic E-state index is 0.0635. The Balaban J connectivity index is 2.13. The fourth-order valence-corrected chi connectivity index (χ4v) is 4.19. The summed E-state index contributed by atoms with van der Waals surface area (Å²) in [7, 11) is 0. The molecule has 140 valence electrons. The number of carboxylic acids is 1. The first kappa shape index (κ1) is 19.3. The number of carboxylic acid groups (broad SMARTS) is 1. The van der Waals surface area contributed by atoms with Crippen LogP contribution in [0, 0.1) is 0 Å². The van der Waals surface area contributed by atoms with Gasteiger partial charge in [-0.05, 0) is 24.0 Å². The number of amidine groups is 1. The van der Waals surface area contributed by atoms with Crippen LogP contribution in [0.1, 0.15) is 24.9 Å². The number of aliphatic imine (C=N–C) groups is 1. The summed E-state index contributed by atoms with van der Waals surface area (Å²) < 4.78 is 5.26. The molecule has 8 heteroatoms. The van der Waals surface area contributed by atoms with Crippen molar-refractivity contribution in [3.63, 3.8) is 0 Å². The topological polar surface area (TPSA) is 79.2 Å². The number of hydrogen-bond donors (Lipinski definition) is 1. The molecule has 0 spiro atoms. The van der Waals surface area contributed by atoms with Crippen molar-refractivity contribution in [1.29, 1.82) is 0 Å². The van der Waals surface area contributed by atoms with E-state index in [9.17, 15) is 14.7 Å². The quantitative estimate of drug-likeness (QED) is 0.567. The van der Waals surface area contributed by atoms with E-state index >= 15 is 0 Å². The Morgan fingerprint density at radius 1 is 1.44 bits per heavy atom. The maximum absolute atomic E-state index is 12.8. The molecule has 0 saturated carbocycles. The number of rotatable bonds is 6. The number of esters is 1. The number of hydrogen-bond acceptors (Lipinski definition) is 6. The fraction of sp³-hybridized carbons (Fsp3) is 0.211. The van der Waals surface area contributed by atoms with Gasteiger partial charge in [0.25, 0.3) is 0 Å². The van der Waals surface area contributed by atoms with Crippen LogP contribution in [0.3, 0.4) is 0 Å². The third-order valence-corrected chi connectivity index (χ3v) is 5.32. The molecule has 1 atom stereocenters. The highest BCUT2D eigenvalue weighted by Crippen LogP contribution is 2.46. The molecule has 1 N–H and O–H groups in total. The Morgan fingerprint density at radius 3 is 2.85 bits per heavy atom. The highest BCUT2D eigenvalue weighted by Gasteiger charge is 2.41. The van der Waals surface area contributed by atoms with Crippen molar-refractivity contribution in [3.05, 3.63) is 69.9 Å². The summed E-state index contributed by atoms with van der Waals surface area (Å²) in [6.45, 7) is 5.35. The molecular weight excluding hydrogens is 388 g/mol. The van der Waals surface area contributed by atoms with Crippen molar-refractivity contribution in [1.82, 2.24) is 4.90 Å². The molecule has 0 amide bonds. The Morgan fingerprint density at radius 2 is 2.19 bits per heavy atom. The maximum Gasteiger partial charge on any atom is 0.338 e. The standard InChI is InChI=1S/C19H17ClN2O4S/c1-3-8-26-18(25)16-11(2)21-19-22(12(10-27-19)9-15(23)24)17(16)13-6-4-5-7-14(13)20/h3-7,10,17H,1,8-9H2,2H3,(H,23,24). The highest BCUT2D eigenvalue weighted by atomic mass is 35.5. The van der Waals surface area contributed by atoms with E-state index in [1.165, 1.54) is 17.8 Å². The Hall–Kier alpha value is -2.51. The average Bonchev–Trinajstić information content (AvgIpc) is 3.00. The van der Waals surface area contributed by atoms with Gasteiger partial charge in [-0.3, -0.25) is 4.79 Å². The van der Waals surface area contributed by atoms with E-state index in [0.29, 0.717) is 32.7 Å². The Bertz CT molecular complexity index is 907. The first-order valence-corrected chi connectivity index (χ1v) is 9.38. The number of carbonyl (C=O) groups excluding carboxylic acids is 1. The zero-order chi connectivity index (χ0) is 19.6. The molecule has 2 aliphatic rings. The van der Waals surface area contributed by atoms with Gasteiger partial charge in [0.05, 0.1) is 23.7 Å². The van der Waals surface area contributed by atoms with Crippen LogP contribution in [0.2, 0.25) is 5.02 Å². The summed E-state index contributed by atoms with van der Waals surface area (Å²) in [5.41, 5.74) is 2.05. The summed E-state index contributed by atoms with van der Waals surface area (Å²) in [6, 6.07) is 6.53. The van der Waals surface area contributed by atoms with Gasteiger partial charge in [-0.25, -0.2) is 9.79 Å². The van der Waals surface area contributed by atoms with Gasteiger partial charge in [0.1, 0.15) is 6.61 Å². The molecule has 1 unspecified atom stereocenters. The second kappa shape index (κ2) is 8.02. The smallest absolute Gasteiger partial charge is 0.338 e. The van der Waals surface area contributed by atoms with Gasteiger partial charge in [0.2, 0.25) is 0 Å². The van der Waals surface area contributed by atoms with Crippen molar-refractivity contribution in [3.8, 4) is 0 Å². The first-order valence-electron chi connectivity index (χ1n) is 8.12. The third-order valence-electron chi connectivity index (χ3n) is 4.09. The van der Waals surface area contributed by atoms with E-state index in [2.05, 4.69) is 11.6 Å². The minimum Gasteiger partial charge on any atom is -0.481 e. The molecule has 0 radical (unpaired) electrons. The highest BCUT2D eigenvalue weighted by molar-refractivity contribution is 8.16. The maximum atomic E-state index is 12.8. The largest absolute Gasteiger partial charge is 0.481 e. The summed E-state index contributed by atoms with van der Waals surface area (Å²) in [4.78, 5) is 30.3. The van der Waals surface area contributed by atoms with Crippen molar-refractivity contribution in [2.75, 3.05) is 6.61 Å². The third kappa shape index (κ3) is 3.79. The van der Waals surface area contributed by atoms with E-state index < -0.39 is 18.0 Å². The number of carbonyl (C=O) groups is 2. The summed E-state index contributed by atoms with van der Waals surface area (Å²) in [5.74, 6) is -1.50. The van der Waals surface area contributed by atoms with E-state index in [1.54, 1.807) is 29.4 Å². The number of ether oxygens (including phenoxy) is 1. The lowest BCUT2D eigenvalue weighted by Gasteiger charge is -2.36. The second-order valence-electron chi connectivity index (χ2n) is 5.87. The minimum atomic E-state index is -0.969. The number of aliphatic carboxylic acids is 1. The number of halogens is 1. The van der Waals surface area contributed by atoms with Crippen molar-refractivity contribution in [2.24, 2.45) is 4.99 Å². The molecular formula is C19H17ClN2O4S. The van der Waals surface area contributed by atoms with Crippen LogP contribution in [-0.4, -0.2) is 33.7 Å². The zero-order valence-electron chi connectivity index (χ0n) is 14.5. The Kier molecular flexibility index (Phi) is 5.72. The molecule has 1 aromatic rings. The van der Waals surface area contributed by atoms with Crippen LogP contribution >= 0.6 is 23.4 Å². The molecule has 3 rings (SSSR count). The second-order valence-corrected chi connectivity index (χ2v) is 7.12. The van der Waals surface area contributed by atoms with E-state index in [0.717, 1.165) is 0 Å². The van der Waals surface area contributed by atoms with Gasteiger partial charge < -0.3 is 14.7 Å². The van der Waals surface area contributed by atoms with Crippen LogP contribution in [0.5, 0.6) is 0 Å². The Labute approximate surface area is 165 Å². The average molecular weight is 405 g/mol. The number of allylic oxidation sites excluding steroid dienone is 1. The molecule has 0 aromatic heterocycles. The molecule has 6 nitrogen and oxygen atoms in total. The van der Waals surface area contributed by atoms with Crippen LogP contribution in [0.4, 0.5) is 0 Å². The SMILES string of the molecule is C=CCOC(=O)C1=C(C)N=C2SC=C(CC(=O)O)N2C1c1ccccc1Cl. The molecule has 2 aliphatic heterocycles. The van der Waals surface area contributed by atoms with Gasteiger partial charge in [-0.15, -0.1) is 0 Å². The molecule has 1 aromatic carbocycles. The summed E-state index contributed by atoms with van der Waals surface area (Å²) >= 11 is 7.74. The van der Waals surface area contributed by atoms with Gasteiger partial charge in [-0.2, -0.15) is 0 Å². The summed E-state index contributed by atoms with van der Waals surface area (Å²) in [5, 5.41) is 12.1. The predicted octanol–water partition coefficient (Wildman–Crippen LogP) is 4.12. The van der Waals surface area contributed by atoms with Crippen molar-refractivity contribution < 1.29 is 19.4 Å². The lowest BCUT2D eigenvalue weighted by Crippen LogP contribution is -2.37. The fourth-order valence-electron chi connectivity index (χ4n) is 2.99.